The molecule has 2 aromatic carbocycles. The van der Waals surface area contributed by atoms with Gasteiger partial charge in [0.05, 0.1) is 22.2 Å². The van der Waals surface area contributed by atoms with Crippen LogP contribution in [0, 0.1) is 28.7 Å². The molecule has 1 aliphatic carbocycles. The highest BCUT2D eigenvalue weighted by Gasteiger charge is 2.38. The first-order valence-electron chi connectivity index (χ1n) is 11.5. The number of non-ortho nitro benzene ring substituents is 1. The Morgan fingerprint density at radius 1 is 1.18 bits per heavy atom. The highest BCUT2D eigenvalue weighted by atomic mass is 32.2. The molecule has 1 fully saturated rings. The molecule has 10 nitrogen and oxygen atoms in total. The Kier molecular flexibility index (Phi) is 6.10. The number of aromatic nitrogens is 2. The van der Waals surface area contributed by atoms with E-state index in [1.165, 1.54) is 35.9 Å². The van der Waals surface area contributed by atoms with Gasteiger partial charge in [-0.15, -0.1) is 0 Å². The first-order chi connectivity index (χ1) is 18.0. The molecule has 0 aliphatic heterocycles. The van der Waals surface area contributed by atoms with Crippen LogP contribution < -0.4 is 10.3 Å². The van der Waals surface area contributed by atoms with Gasteiger partial charge in [-0.05, 0) is 55.7 Å². The van der Waals surface area contributed by atoms with Crippen molar-refractivity contribution in [2.45, 2.75) is 31.6 Å². The van der Waals surface area contributed by atoms with Crippen LogP contribution in [0.2, 0.25) is 0 Å². The van der Waals surface area contributed by atoms with Gasteiger partial charge in [-0.2, -0.15) is 0 Å². The normalized spacial score (nSPS) is 13.6. The summed E-state index contributed by atoms with van der Waals surface area (Å²) in [6, 6.07) is 8.25. The van der Waals surface area contributed by atoms with Gasteiger partial charge in [0.2, 0.25) is 10.0 Å². The molecule has 2 N–H and O–H groups in total. The topological polar surface area (TPSA) is 144 Å². The Balaban J connectivity index is 1.83. The number of carbonyl (C=O) groups is 1. The van der Waals surface area contributed by atoms with Gasteiger partial charge < -0.3 is 9.55 Å². The number of nitrogens with one attached hydrogen (secondary N) is 2. The average molecular weight is 543 g/mol. The molecule has 2 aromatic heterocycles. The third-order valence-corrected chi connectivity index (χ3v) is 8.23. The minimum absolute atomic E-state index is 0.00394. The number of amides is 1. The molecule has 1 aliphatic rings. The molecule has 13 heteroatoms. The molecule has 0 spiro atoms. The molecule has 0 unspecified atom stereocenters. The van der Waals surface area contributed by atoms with Gasteiger partial charge in [-0.1, -0.05) is 0 Å². The van der Waals surface area contributed by atoms with Gasteiger partial charge in [0, 0.05) is 40.4 Å². The summed E-state index contributed by atoms with van der Waals surface area (Å²) in [5.74, 6) is -2.60. The van der Waals surface area contributed by atoms with E-state index < -0.39 is 55.5 Å². The number of pyridine rings is 1. The molecule has 0 bridgehead atoms. The van der Waals surface area contributed by atoms with Crippen LogP contribution in [0.15, 0.2) is 53.5 Å². The molecule has 0 radical (unpaired) electrons. The lowest BCUT2D eigenvalue weighted by Crippen LogP contribution is -2.35. The summed E-state index contributed by atoms with van der Waals surface area (Å²) in [5, 5.41) is 10.8. The number of fused-ring (bicyclic) bond motifs is 1. The standard InChI is InChI=1S/C25H20F2N4O6S/c1-13-9-18-21(11-20(13)27)30(12-14-10-15(31(34)35)4-7-19(14)26)23(22(18)17-3-2-8-28-24(17)32)25(33)29-38(36,37)16-5-6-16/h2-4,7-11,16H,5-6,12H2,1H3,(H,28,32)(H,29,33). The van der Waals surface area contributed by atoms with Crippen LogP contribution in [-0.4, -0.2) is 34.0 Å². The fourth-order valence-electron chi connectivity index (χ4n) is 4.37. The van der Waals surface area contributed by atoms with Crippen LogP contribution in [-0.2, 0) is 16.6 Å². The number of aryl methyl sites for hydroxylation is 1. The van der Waals surface area contributed by atoms with Crippen molar-refractivity contribution in [1.29, 1.82) is 0 Å². The third-order valence-electron chi connectivity index (χ3n) is 6.41. The zero-order valence-corrected chi connectivity index (χ0v) is 20.6. The Hall–Kier alpha value is -4.39. The molecule has 38 heavy (non-hydrogen) atoms. The number of hydrogen-bond donors (Lipinski definition) is 2. The van der Waals surface area contributed by atoms with Crippen LogP contribution in [0.3, 0.4) is 0 Å². The molecule has 2 heterocycles. The fourth-order valence-corrected chi connectivity index (χ4v) is 5.65. The van der Waals surface area contributed by atoms with Gasteiger partial charge in [-0.3, -0.25) is 19.7 Å². The molecular formula is C25H20F2N4O6S. The van der Waals surface area contributed by atoms with Crippen molar-refractivity contribution in [3.63, 3.8) is 0 Å². The van der Waals surface area contributed by atoms with Gasteiger partial charge in [0.25, 0.3) is 17.2 Å². The van der Waals surface area contributed by atoms with Crippen molar-refractivity contribution in [2.75, 3.05) is 0 Å². The van der Waals surface area contributed by atoms with E-state index in [0.717, 1.165) is 24.3 Å². The minimum atomic E-state index is -4.05. The van der Waals surface area contributed by atoms with Crippen LogP contribution in [0.5, 0.6) is 0 Å². The maximum absolute atomic E-state index is 14.8. The first kappa shape index (κ1) is 25.3. The fraction of sp³-hybridized carbons (Fsp3) is 0.200. The lowest BCUT2D eigenvalue weighted by molar-refractivity contribution is -0.385. The van der Waals surface area contributed by atoms with Crippen molar-refractivity contribution >= 4 is 32.5 Å². The summed E-state index contributed by atoms with van der Waals surface area (Å²) in [7, 11) is -4.05. The summed E-state index contributed by atoms with van der Waals surface area (Å²) < 4.78 is 58.1. The Morgan fingerprint density at radius 3 is 2.58 bits per heavy atom. The van der Waals surface area contributed by atoms with E-state index >= 15 is 0 Å². The van der Waals surface area contributed by atoms with E-state index in [-0.39, 0.29) is 38.9 Å². The van der Waals surface area contributed by atoms with Crippen molar-refractivity contribution in [1.82, 2.24) is 14.3 Å². The Morgan fingerprint density at radius 2 is 1.92 bits per heavy atom. The van der Waals surface area contributed by atoms with Crippen LogP contribution in [0.4, 0.5) is 14.5 Å². The number of hydrogen-bond acceptors (Lipinski definition) is 6. The summed E-state index contributed by atoms with van der Waals surface area (Å²) in [6.07, 6.45) is 2.12. The molecule has 1 amide bonds. The summed E-state index contributed by atoms with van der Waals surface area (Å²) in [5.41, 5.74) is -1.30. The van der Waals surface area contributed by atoms with Crippen LogP contribution in [0.25, 0.3) is 22.0 Å². The number of rotatable bonds is 7. The number of benzene rings is 2. The predicted molar refractivity (Wildman–Crippen MR) is 134 cm³/mol. The summed E-state index contributed by atoms with van der Waals surface area (Å²) >= 11 is 0. The van der Waals surface area contributed by atoms with Crippen molar-refractivity contribution in [3.8, 4) is 11.1 Å². The molecule has 5 rings (SSSR count). The Labute approximate surface area is 214 Å². The number of H-pyrrole nitrogens is 1. The zero-order valence-electron chi connectivity index (χ0n) is 19.8. The van der Waals surface area contributed by atoms with Crippen molar-refractivity contribution < 1.29 is 26.9 Å². The monoisotopic (exact) mass is 542 g/mol. The highest BCUT2D eigenvalue weighted by molar-refractivity contribution is 7.91. The van der Waals surface area contributed by atoms with E-state index in [0.29, 0.717) is 12.8 Å². The van der Waals surface area contributed by atoms with Crippen LogP contribution >= 0.6 is 0 Å². The zero-order chi connectivity index (χ0) is 27.4. The predicted octanol–water partition coefficient (Wildman–Crippen LogP) is 3.76. The SMILES string of the molecule is Cc1cc2c(-c3ccc[nH]c3=O)c(C(=O)NS(=O)(=O)C3CC3)n(Cc3cc([N+](=O)[O-])ccc3F)c2cc1F. The maximum Gasteiger partial charge on any atom is 0.282 e. The second-order valence-corrected chi connectivity index (χ2v) is 11.0. The quantitative estimate of drug-likeness (QED) is 0.269. The van der Waals surface area contributed by atoms with Crippen molar-refractivity contribution in [3.05, 3.63) is 97.6 Å². The lowest BCUT2D eigenvalue weighted by Gasteiger charge is -2.14. The number of carbonyl (C=O) groups excluding carboxylic acids is 1. The number of nitrogens with zero attached hydrogens (tertiary/aromatic N) is 2. The summed E-state index contributed by atoms with van der Waals surface area (Å²) in [4.78, 5) is 39.5. The van der Waals surface area contributed by atoms with Crippen molar-refractivity contribution in [2.24, 2.45) is 0 Å². The molecule has 196 valence electrons. The molecule has 1 saturated carbocycles. The number of sulfonamides is 1. The second-order valence-electron chi connectivity index (χ2n) is 9.05. The maximum atomic E-state index is 14.8. The van der Waals surface area contributed by atoms with Crippen LogP contribution in [0.1, 0.15) is 34.5 Å². The highest BCUT2D eigenvalue weighted by Crippen LogP contribution is 2.37. The molecular weight excluding hydrogens is 522 g/mol. The minimum Gasteiger partial charge on any atom is -0.331 e. The summed E-state index contributed by atoms with van der Waals surface area (Å²) in [6.45, 7) is 0.978. The molecule has 0 atom stereocenters. The molecule has 0 saturated heterocycles. The van der Waals surface area contributed by atoms with Gasteiger partial charge >= 0.3 is 0 Å². The van der Waals surface area contributed by atoms with E-state index in [4.69, 9.17) is 0 Å². The number of nitro benzene ring substituents is 1. The van der Waals surface area contributed by atoms with E-state index in [1.807, 2.05) is 4.72 Å². The second kappa shape index (κ2) is 9.17. The average Bonchev–Trinajstić information content (AvgIpc) is 3.67. The van der Waals surface area contributed by atoms with E-state index in [1.54, 1.807) is 0 Å². The van der Waals surface area contributed by atoms with Gasteiger partial charge in [-0.25, -0.2) is 21.9 Å². The number of aromatic amines is 1. The van der Waals surface area contributed by atoms with E-state index in [9.17, 15) is 36.9 Å². The Bertz CT molecular complexity index is 1810. The van der Waals surface area contributed by atoms with Gasteiger partial charge in [0.1, 0.15) is 17.3 Å². The largest absolute Gasteiger partial charge is 0.331 e. The third kappa shape index (κ3) is 4.45. The number of halogens is 2. The van der Waals surface area contributed by atoms with Gasteiger partial charge in [0.15, 0.2) is 0 Å². The molecule has 4 aromatic rings. The van der Waals surface area contributed by atoms with E-state index in [2.05, 4.69) is 4.98 Å². The first-order valence-corrected chi connectivity index (χ1v) is 13.0. The number of nitro groups is 1. The lowest BCUT2D eigenvalue weighted by atomic mass is 10.0. The smallest absolute Gasteiger partial charge is 0.282 e.